The van der Waals surface area contributed by atoms with E-state index in [0.29, 0.717) is 5.41 Å². The highest BCUT2D eigenvalue weighted by Crippen LogP contribution is 2.44. The van der Waals surface area contributed by atoms with Gasteiger partial charge in [-0.3, -0.25) is 4.79 Å². The van der Waals surface area contributed by atoms with Gasteiger partial charge < -0.3 is 4.90 Å². The van der Waals surface area contributed by atoms with Crippen LogP contribution in [0.2, 0.25) is 0 Å². The minimum Gasteiger partial charge on any atom is -0.342 e. The summed E-state index contributed by atoms with van der Waals surface area (Å²) in [5.41, 5.74) is 0.523. The maximum Gasteiger partial charge on any atom is 0.240 e. The third kappa shape index (κ3) is 3.11. The van der Waals surface area contributed by atoms with Crippen molar-refractivity contribution in [3.05, 3.63) is 0 Å². The van der Waals surface area contributed by atoms with Gasteiger partial charge in [0, 0.05) is 13.1 Å². The minimum absolute atomic E-state index is 0.0585. The zero-order chi connectivity index (χ0) is 13.9. The molecule has 19 heavy (non-hydrogen) atoms. The van der Waals surface area contributed by atoms with Crippen LogP contribution in [0.3, 0.4) is 0 Å². The van der Waals surface area contributed by atoms with E-state index in [1.54, 1.807) is 0 Å². The molecule has 0 radical (unpaired) electrons. The second-order valence-corrected chi connectivity index (χ2v) is 6.74. The van der Waals surface area contributed by atoms with Crippen molar-refractivity contribution in [3.63, 3.8) is 0 Å². The van der Waals surface area contributed by atoms with Gasteiger partial charge in [0.25, 0.3) is 0 Å². The zero-order valence-electron chi connectivity index (χ0n) is 12.3. The van der Waals surface area contributed by atoms with E-state index in [1.165, 1.54) is 32.1 Å². The van der Waals surface area contributed by atoms with Crippen LogP contribution in [-0.2, 0) is 4.79 Å². The van der Waals surface area contributed by atoms with Crippen molar-refractivity contribution in [2.45, 2.75) is 58.8 Å². The lowest BCUT2D eigenvalue weighted by Crippen LogP contribution is -2.46. The monoisotopic (exact) mass is 262 g/mol. The molecule has 0 aromatic rings. The maximum atomic E-state index is 12.3. The number of nitriles is 1. The number of nitrogens with zero attached hydrogens (tertiary/aromatic N) is 2. The van der Waals surface area contributed by atoms with Gasteiger partial charge >= 0.3 is 0 Å². The molecule has 1 atom stereocenters. The van der Waals surface area contributed by atoms with Crippen LogP contribution in [0, 0.1) is 28.6 Å². The van der Waals surface area contributed by atoms with Crippen LogP contribution in [0.15, 0.2) is 0 Å². The molecule has 3 heteroatoms. The van der Waals surface area contributed by atoms with E-state index in [4.69, 9.17) is 5.26 Å². The molecule has 1 heterocycles. The van der Waals surface area contributed by atoms with E-state index in [9.17, 15) is 4.79 Å². The Morgan fingerprint density at radius 1 is 1.11 bits per heavy atom. The number of hydrogen-bond donors (Lipinski definition) is 0. The molecule has 0 bridgehead atoms. The topological polar surface area (TPSA) is 44.1 Å². The molecule has 106 valence electrons. The second-order valence-electron chi connectivity index (χ2n) is 6.74. The highest BCUT2D eigenvalue weighted by atomic mass is 16.2. The molecule has 1 saturated carbocycles. The van der Waals surface area contributed by atoms with Gasteiger partial charge in [0.1, 0.15) is 5.92 Å². The van der Waals surface area contributed by atoms with E-state index in [1.807, 2.05) is 18.7 Å². The summed E-state index contributed by atoms with van der Waals surface area (Å²) in [6.07, 6.45) is 9.10. The number of hydrogen-bond acceptors (Lipinski definition) is 2. The van der Waals surface area contributed by atoms with Crippen LogP contribution >= 0.6 is 0 Å². The molecular formula is C16H26N2O. The third-order valence-electron chi connectivity index (χ3n) is 5.12. The Hall–Kier alpha value is -1.04. The Bertz CT molecular complexity index is 353. The van der Waals surface area contributed by atoms with Crippen LogP contribution in [-0.4, -0.2) is 23.9 Å². The van der Waals surface area contributed by atoms with Gasteiger partial charge in [0.05, 0.1) is 6.07 Å². The molecule has 2 aliphatic rings. The molecule has 0 N–H and O–H groups in total. The average molecular weight is 262 g/mol. The zero-order valence-corrected chi connectivity index (χ0v) is 12.3. The van der Waals surface area contributed by atoms with Crippen molar-refractivity contribution in [1.29, 1.82) is 5.26 Å². The summed E-state index contributed by atoms with van der Waals surface area (Å²) in [4.78, 5) is 14.3. The van der Waals surface area contributed by atoms with Crippen LogP contribution in [0.5, 0.6) is 0 Å². The van der Waals surface area contributed by atoms with Crippen molar-refractivity contribution in [1.82, 2.24) is 4.90 Å². The summed E-state index contributed by atoms with van der Waals surface area (Å²) in [6.45, 7) is 5.64. The Kier molecular flexibility index (Phi) is 4.50. The summed E-state index contributed by atoms with van der Waals surface area (Å²) in [6, 6.07) is 2.18. The minimum atomic E-state index is -0.458. The molecule has 0 aromatic heterocycles. The van der Waals surface area contributed by atoms with Gasteiger partial charge in [-0.2, -0.15) is 5.26 Å². The first-order valence-electron chi connectivity index (χ1n) is 7.76. The molecule has 0 aromatic carbocycles. The summed E-state index contributed by atoms with van der Waals surface area (Å²) in [5.74, 6) is -0.286. The van der Waals surface area contributed by atoms with Gasteiger partial charge in [0.15, 0.2) is 0 Å². The van der Waals surface area contributed by atoms with E-state index in [-0.39, 0.29) is 11.8 Å². The van der Waals surface area contributed by atoms with E-state index < -0.39 is 5.92 Å². The lowest BCUT2D eigenvalue weighted by Gasteiger charge is -2.44. The molecule has 1 spiro atoms. The summed E-state index contributed by atoms with van der Waals surface area (Å²) < 4.78 is 0. The first-order valence-corrected chi connectivity index (χ1v) is 7.76. The molecule has 1 unspecified atom stereocenters. The van der Waals surface area contributed by atoms with Crippen LogP contribution < -0.4 is 0 Å². The first-order chi connectivity index (χ1) is 9.08. The average Bonchev–Trinajstić information content (AvgIpc) is 2.40. The van der Waals surface area contributed by atoms with Crippen LogP contribution in [0.1, 0.15) is 58.8 Å². The van der Waals surface area contributed by atoms with Gasteiger partial charge in [-0.15, -0.1) is 0 Å². The fraction of sp³-hybridized carbons (Fsp3) is 0.875. The number of piperidine rings is 1. The Morgan fingerprint density at radius 2 is 1.68 bits per heavy atom. The Labute approximate surface area is 117 Å². The quantitative estimate of drug-likeness (QED) is 0.766. The summed E-state index contributed by atoms with van der Waals surface area (Å²) in [7, 11) is 0. The van der Waals surface area contributed by atoms with Crippen LogP contribution in [0.25, 0.3) is 0 Å². The highest BCUT2D eigenvalue weighted by molar-refractivity contribution is 5.81. The number of amides is 1. The first kappa shape index (κ1) is 14.4. The SMILES string of the molecule is CC(C)C(C#N)C(=O)N1CCC2(CCCCC2)CC1. The molecule has 1 aliphatic carbocycles. The van der Waals surface area contributed by atoms with Gasteiger partial charge in [-0.05, 0) is 37.0 Å². The van der Waals surface area contributed by atoms with Crippen molar-refractivity contribution in [3.8, 4) is 6.07 Å². The molecule has 2 fully saturated rings. The van der Waals surface area contributed by atoms with E-state index in [0.717, 1.165) is 25.9 Å². The predicted octanol–water partition coefficient (Wildman–Crippen LogP) is 3.36. The third-order valence-corrected chi connectivity index (χ3v) is 5.12. The van der Waals surface area contributed by atoms with Gasteiger partial charge in [-0.1, -0.05) is 33.1 Å². The Morgan fingerprint density at radius 3 is 2.16 bits per heavy atom. The van der Waals surface area contributed by atoms with E-state index >= 15 is 0 Å². The number of carbonyl (C=O) groups excluding carboxylic acids is 1. The summed E-state index contributed by atoms with van der Waals surface area (Å²) in [5, 5.41) is 9.14. The van der Waals surface area contributed by atoms with Gasteiger partial charge in [0.2, 0.25) is 5.91 Å². The lowest BCUT2D eigenvalue weighted by atomic mass is 9.68. The molecular weight excluding hydrogens is 236 g/mol. The highest BCUT2D eigenvalue weighted by Gasteiger charge is 2.38. The van der Waals surface area contributed by atoms with Crippen LogP contribution in [0.4, 0.5) is 0 Å². The second kappa shape index (κ2) is 5.94. The van der Waals surface area contributed by atoms with Crippen molar-refractivity contribution < 1.29 is 4.79 Å². The maximum absolute atomic E-state index is 12.3. The molecule has 1 aliphatic heterocycles. The smallest absolute Gasteiger partial charge is 0.240 e. The molecule has 1 amide bonds. The number of carbonyl (C=O) groups is 1. The molecule has 1 saturated heterocycles. The van der Waals surface area contributed by atoms with E-state index in [2.05, 4.69) is 6.07 Å². The predicted molar refractivity (Wildman–Crippen MR) is 75.3 cm³/mol. The fourth-order valence-electron chi connectivity index (χ4n) is 3.69. The molecule has 2 rings (SSSR count). The Balaban J connectivity index is 1.92. The normalized spacial score (nSPS) is 24.2. The fourth-order valence-corrected chi connectivity index (χ4v) is 3.69. The molecule has 3 nitrogen and oxygen atoms in total. The van der Waals surface area contributed by atoms with Crippen molar-refractivity contribution >= 4 is 5.91 Å². The standard InChI is InChI=1S/C16H26N2O/c1-13(2)14(12-17)15(19)18-10-8-16(9-11-18)6-4-3-5-7-16/h13-14H,3-11H2,1-2H3. The number of rotatable bonds is 2. The number of likely N-dealkylation sites (tertiary alicyclic amines) is 1. The summed E-state index contributed by atoms with van der Waals surface area (Å²) >= 11 is 0. The van der Waals surface area contributed by atoms with Crippen molar-refractivity contribution in [2.24, 2.45) is 17.3 Å². The van der Waals surface area contributed by atoms with Gasteiger partial charge in [-0.25, -0.2) is 0 Å². The van der Waals surface area contributed by atoms with Crippen molar-refractivity contribution in [2.75, 3.05) is 13.1 Å². The lowest BCUT2D eigenvalue weighted by molar-refractivity contribution is -0.137. The largest absolute Gasteiger partial charge is 0.342 e.